The molecule has 0 fully saturated rings. The molecule has 140 valence electrons. The number of aryl methyl sites for hydroxylation is 1. The SMILES string of the molecule is CCCn1cnc2nc(-c3cn[nH]c3)n(COCC[Si](C)(C)C)c2c1=O. The van der Waals surface area contributed by atoms with E-state index >= 15 is 0 Å². The van der Waals surface area contributed by atoms with Gasteiger partial charge in [0.25, 0.3) is 5.56 Å². The number of H-pyrrole nitrogens is 1. The van der Waals surface area contributed by atoms with E-state index in [-0.39, 0.29) is 12.3 Å². The molecular formula is C17H26N6O2Si. The maximum atomic E-state index is 12.9. The van der Waals surface area contributed by atoms with E-state index in [9.17, 15) is 4.79 Å². The van der Waals surface area contributed by atoms with Crippen LogP contribution in [0.1, 0.15) is 13.3 Å². The van der Waals surface area contributed by atoms with Crippen LogP contribution in [0.2, 0.25) is 25.7 Å². The molecule has 0 unspecified atom stereocenters. The summed E-state index contributed by atoms with van der Waals surface area (Å²) in [5.41, 5.74) is 1.63. The first-order valence-corrected chi connectivity index (χ1v) is 12.6. The van der Waals surface area contributed by atoms with Gasteiger partial charge in [-0.15, -0.1) is 0 Å². The monoisotopic (exact) mass is 374 g/mol. The second-order valence-electron chi connectivity index (χ2n) is 7.61. The lowest BCUT2D eigenvalue weighted by atomic mass is 10.3. The highest BCUT2D eigenvalue weighted by atomic mass is 28.3. The summed E-state index contributed by atoms with van der Waals surface area (Å²) in [6.45, 7) is 10.5. The first kappa shape index (κ1) is 18.5. The number of nitrogens with zero attached hydrogens (tertiary/aromatic N) is 5. The van der Waals surface area contributed by atoms with Crippen molar-refractivity contribution in [2.24, 2.45) is 0 Å². The minimum atomic E-state index is -1.17. The number of rotatable bonds is 8. The van der Waals surface area contributed by atoms with Crippen LogP contribution in [0.3, 0.4) is 0 Å². The molecule has 3 rings (SSSR count). The van der Waals surface area contributed by atoms with Gasteiger partial charge in [0.1, 0.15) is 18.9 Å². The van der Waals surface area contributed by atoms with Crippen molar-refractivity contribution in [2.75, 3.05) is 6.61 Å². The Labute approximate surface area is 153 Å². The largest absolute Gasteiger partial charge is 0.361 e. The van der Waals surface area contributed by atoms with Gasteiger partial charge in [-0.05, 0) is 12.5 Å². The summed E-state index contributed by atoms with van der Waals surface area (Å²) < 4.78 is 9.34. The Morgan fingerprint density at radius 2 is 2.12 bits per heavy atom. The van der Waals surface area contributed by atoms with Gasteiger partial charge in [0.05, 0.1) is 11.8 Å². The molecule has 26 heavy (non-hydrogen) atoms. The fraction of sp³-hybridized carbons (Fsp3) is 0.529. The predicted octanol–water partition coefficient (Wildman–Crippen LogP) is 2.71. The maximum absolute atomic E-state index is 12.9. The molecule has 0 bridgehead atoms. The average molecular weight is 375 g/mol. The number of fused-ring (bicyclic) bond motifs is 1. The summed E-state index contributed by atoms with van der Waals surface area (Å²) in [6.07, 6.45) is 5.87. The highest BCUT2D eigenvalue weighted by Gasteiger charge is 2.19. The minimum absolute atomic E-state index is 0.0899. The number of aromatic nitrogens is 6. The van der Waals surface area contributed by atoms with Crippen LogP contribution in [0.15, 0.2) is 23.5 Å². The first-order chi connectivity index (χ1) is 12.4. The smallest absolute Gasteiger partial charge is 0.279 e. The molecule has 3 heterocycles. The molecule has 0 saturated carbocycles. The molecule has 0 aliphatic heterocycles. The fourth-order valence-electron chi connectivity index (χ4n) is 2.71. The van der Waals surface area contributed by atoms with Crippen LogP contribution in [0, 0.1) is 0 Å². The van der Waals surface area contributed by atoms with Crippen molar-refractivity contribution in [1.29, 1.82) is 0 Å². The number of aromatic amines is 1. The molecule has 1 N–H and O–H groups in total. The van der Waals surface area contributed by atoms with E-state index in [0.717, 1.165) is 18.0 Å². The zero-order valence-corrected chi connectivity index (χ0v) is 16.8. The second kappa shape index (κ2) is 7.54. The standard InChI is InChI=1S/C17H26N6O2Si/c1-5-6-22-11-18-15-14(17(22)24)23(12-25-7-8-26(2,3)4)16(21-15)13-9-19-20-10-13/h9-11H,5-8,12H2,1-4H3,(H,19,20). The van der Waals surface area contributed by atoms with Gasteiger partial charge in [-0.25, -0.2) is 9.97 Å². The van der Waals surface area contributed by atoms with Crippen LogP contribution >= 0.6 is 0 Å². The number of nitrogens with one attached hydrogen (secondary N) is 1. The number of hydrogen-bond donors (Lipinski definition) is 1. The molecule has 3 aromatic rings. The summed E-state index contributed by atoms with van der Waals surface area (Å²) in [6, 6.07) is 1.07. The van der Waals surface area contributed by atoms with Crippen LogP contribution in [0.4, 0.5) is 0 Å². The quantitative estimate of drug-likeness (QED) is 0.483. The van der Waals surface area contributed by atoms with E-state index < -0.39 is 8.07 Å². The molecular weight excluding hydrogens is 348 g/mol. The van der Waals surface area contributed by atoms with Gasteiger partial charge in [0.2, 0.25) is 0 Å². The fourth-order valence-corrected chi connectivity index (χ4v) is 3.46. The molecule has 0 aromatic carbocycles. The van der Waals surface area contributed by atoms with Gasteiger partial charge in [-0.2, -0.15) is 5.10 Å². The normalized spacial score (nSPS) is 12.2. The lowest BCUT2D eigenvalue weighted by Gasteiger charge is -2.16. The zero-order valence-electron chi connectivity index (χ0n) is 15.8. The van der Waals surface area contributed by atoms with Crippen LogP contribution in [-0.2, 0) is 18.0 Å². The van der Waals surface area contributed by atoms with Crippen LogP contribution in [-0.4, -0.2) is 44.0 Å². The predicted molar refractivity (Wildman–Crippen MR) is 104 cm³/mol. The summed E-state index contributed by atoms with van der Waals surface area (Å²) in [5, 5.41) is 6.78. The van der Waals surface area contributed by atoms with Crippen molar-refractivity contribution in [3.63, 3.8) is 0 Å². The molecule has 0 amide bonds. The zero-order chi connectivity index (χ0) is 18.7. The highest BCUT2D eigenvalue weighted by Crippen LogP contribution is 2.21. The average Bonchev–Trinajstić information content (AvgIpc) is 3.21. The third-order valence-corrected chi connectivity index (χ3v) is 5.87. The second-order valence-corrected chi connectivity index (χ2v) is 13.2. The molecule has 0 aliphatic rings. The number of imidazole rings is 1. The lowest BCUT2D eigenvalue weighted by molar-refractivity contribution is 0.0908. The van der Waals surface area contributed by atoms with E-state index in [1.807, 2.05) is 11.5 Å². The van der Waals surface area contributed by atoms with Gasteiger partial charge < -0.3 is 4.74 Å². The Hall–Kier alpha value is -2.26. The Morgan fingerprint density at radius 1 is 1.31 bits per heavy atom. The van der Waals surface area contributed by atoms with Crippen molar-refractivity contribution in [2.45, 2.75) is 52.3 Å². The third kappa shape index (κ3) is 3.94. The van der Waals surface area contributed by atoms with E-state index in [1.54, 1.807) is 23.3 Å². The summed E-state index contributed by atoms with van der Waals surface area (Å²) in [5.74, 6) is 0.639. The van der Waals surface area contributed by atoms with Gasteiger partial charge in [-0.1, -0.05) is 26.6 Å². The van der Waals surface area contributed by atoms with Crippen molar-refractivity contribution >= 4 is 19.2 Å². The van der Waals surface area contributed by atoms with Crippen molar-refractivity contribution in [3.8, 4) is 11.4 Å². The molecule has 0 saturated heterocycles. The van der Waals surface area contributed by atoms with Crippen molar-refractivity contribution in [3.05, 3.63) is 29.1 Å². The lowest BCUT2D eigenvalue weighted by Crippen LogP contribution is -2.24. The van der Waals surface area contributed by atoms with Crippen LogP contribution in [0.5, 0.6) is 0 Å². The highest BCUT2D eigenvalue weighted by molar-refractivity contribution is 6.76. The van der Waals surface area contributed by atoms with Gasteiger partial charge in [-0.3, -0.25) is 19.0 Å². The summed E-state index contributed by atoms with van der Waals surface area (Å²) in [7, 11) is -1.17. The third-order valence-electron chi connectivity index (χ3n) is 4.17. The molecule has 8 nitrogen and oxygen atoms in total. The van der Waals surface area contributed by atoms with Gasteiger partial charge >= 0.3 is 0 Å². The number of ether oxygens (including phenoxy) is 1. The molecule has 0 spiro atoms. The minimum Gasteiger partial charge on any atom is -0.361 e. The van der Waals surface area contributed by atoms with E-state index in [0.29, 0.717) is 30.1 Å². The van der Waals surface area contributed by atoms with E-state index in [1.165, 1.54) is 0 Å². The van der Waals surface area contributed by atoms with E-state index in [2.05, 4.69) is 39.8 Å². The Bertz CT molecular complexity index is 923. The molecule has 0 aliphatic carbocycles. The topological polar surface area (TPSA) is 90.6 Å². The maximum Gasteiger partial charge on any atom is 0.279 e. The number of hydrogen-bond acceptors (Lipinski definition) is 5. The summed E-state index contributed by atoms with van der Waals surface area (Å²) >= 11 is 0. The Balaban J connectivity index is 2.00. The molecule has 9 heteroatoms. The van der Waals surface area contributed by atoms with Gasteiger partial charge in [0.15, 0.2) is 11.2 Å². The van der Waals surface area contributed by atoms with Crippen molar-refractivity contribution < 1.29 is 4.74 Å². The van der Waals surface area contributed by atoms with E-state index in [4.69, 9.17) is 4.74 Å². The first-order valence-electron chi connectivity index (χ1n) is 8.93. The van der Waals surface area contributed by atoms with Crippen LogP contribution < -0.4 is 5.56 Å². The molecule has 3 aromatic heterocycles. The van der Waals surface area contributed by atoms with Gasteiger partial charge in [0, 0.05) is 27.4 Å². The Morgan fingerprint density at radius 3 is 2.77 bits per heavy atom. The molecule has 0 radical (unpaired) electrons. The van der Waals surface area contributed by atoms with Crippen molar-refractivity contribution in [1.82, 2.24) is 29.3 Å². The molecule has 0 atom stereocenters. The Kier molecular flexibility index (Phi) is 5.38. The summed E-state index contributed by atoms with van der Waals surface area (Å²) in [4.78, 5) is 21.8. The van der Waals surface area contributed by atoms with Crippen LogP contribution in [0.25, 0.3) is 22.6 Å².